The van der Waals surface area contributed by atoms with Gasteiger partial charge in [0.2, 0.25) is 0 Å². The Balaban J connectivity index is 1.76. The van der Waals surface area contributed by atoms with E-state index in [-0.39, 0.29) is 10.6 Å². The van der Waals surface area contributed by atoms with Crippen LogP contribution in [0.25, 0.3) is 0 Å². The molecule has 1 aromatic heterocycles. The van der Waals surface area contributed by atoms with Crippen LogP contribution in [0.2, 0.25) is 0 Å². The Kier molecular flexibility index (Phi) is 4.42. The first-order chi connectivity index (χ1) is 11.1. The summed E-state index contributed by atoms with van der Waals surface area (Å²) in [6.07, 6.45) is 1.82. The molecule has 0 aliphatic carbocycles. The van der Waals surface area contributed by atoms with Crippen LogP contribution >= 0.6 is 12.2 Å². The highest BCUT2D eigenvalue weighted by Crippen LogP contribution is 2.33. The van der Waals surface area contributed by atoms with Crippen molar-refractivity contribution in [3.63, 3.8) is 0 Å². The normalized spacial score (nSPS) is 15.8. The number of nitro benzene ring substituents is 1. The number of hydrogen-bond acceptors (Lipinski definition) is 5. The number of aromatic amines is 1. The van der Waals surface area contributed by atoms with E-state index in [1.165, 1.54) is 0 Å². The lowest BCUT2D eigenvalue weighted by Gasteiger charge is -2.32. The molecule has 1 aromatic carbocycles. The quantitative estimate of drug-likeness (QED) is 0.528. The number of rotatable bonds is 4. The van der Waals surface area contributed by atoms with Gasteiger partial charge in [0, 0.05) is 31.6 Å². The first-order valence-corrected chi connectivity index (χ1v) is 8.16. The smallest absolute Gasteiger partial charge is 0.292 e. The van der Waals surface area contributed by atoms with Crippen molar-refractivity contribution in [3.05, 3.63) is 45.0 Å². The third-order valence-electron chi connectivity index (χ3n) is 4.38. The molecule has 3 rings (SSSR count). The molecule has 2 heterocycles. The minimum Gasteiger partial charge on any atom is -0.366 e. The van der Waals surface area contributed by atoms with Crippen LogP contribution in [0.5, 0.6) is 0 Å². The second-order valence-corrected chi connectivity index (χ2v) is 6.03. The maximum Gasteiger partial charge on any atom is 0.292 e. The molecule has 0 spiro atoms. The van der Waals surface area contributed by atoms with Gasteiger partial charge in [-0.25, -0.2) is 0 Å². The Morgan fingerprint density at radius 3 is 2.74 bits per heavy atom. The van der Waals surface area contributed by atoms with E-state index in [9.17, 15) is 10.1 Å². The second kappa shape index (κ2) is 6.49. The highest BCUT2D eigenvalue weighted by molar-refractivity contribution is 7.71. The molecule has 8 heteroatoms. The molecule has 0 bridgehead atoms. The summed E-state index contributed by atoms with van der Waals surface area (Å²) in [5.41, 5.74) is 0.868. The van der Waals surface area contributed by atoms with Gasteiger partial charge in [0.05, 0.1) is 4.92 Å². The van der Waals surface area contributed by atoms with Crippen LogP contribution in [0.4, 0.5) is 11.4 Å². The standard InChI is InChI=1S/C15H19N5O2S/c1-2-19-14(16-17-15(19)23)11-7-9-18(10-8-11)12-5-3-4-6-13(12)20(21)22/h3-6,11H,2,7-10H2,1H3,(H,17,23). The highest BCUT2D eigenvalue weighted by Gasteiger charge is 2.27. The van der Waals surface area contributed by atoms with Gasteiger partial charge in [0.25, 0.3) is 5.69 Å². The fourth-order valence-electron chi connectivity index (χ4n) is 3.21. The zero-order valence-electron chi connectivity index (χ0n) is 12.9. The van der Waals surface area contributed by atoms with Crippen molar-refractivity contribution >= 4 is 23.6 Å². The molecule has 0 radical (unpaired) electrons. The van der Waals surface area contributed by atoms with Gasteiger partial charge in [-0.1, -0.05) is 12.1 Å². The van der Waals surface area contributed by atoms with Crippen molar-refractivity contribution in [1.82, 2.24) is 14.8 Å². The van der Waals surface area contributed by atoms with Gasteiger partial charge in [-0.15, -0.1) is 0 Å². The number of anilines is 1. The number of H-pyrrole nitrogens is 1. The molecule has 122 valence electrons. The maximum absolute atomic E-state index is 11.2. The fraction of sp³-hybridized carbons (Fsp3) is 0.467. The molecule has 0 amide bonds. The average Bonchev–Trinajstić information content (AvgIpc) is 2.95. The van der Waals surface area contributed by atoms with Crippen LogP contribution in [0.15, 0.2) is 24.3 Å². The van der Waals surface area contributed by atoms with E-state index in [0.29, 0.717) is 16.4 Å². The maximum atomic E-state index is 11.2. The number of nitrogens with one attached hydrogen (secondary N) is 1. The molecule has 7 nitrogen and oxygen atoms in total. The first-order valence-electron chi connectivity index (χ1n) is 7.75. The van der Waals surface area contributed by atoms with E-state index in [2.05, 4.69) is 22.0 Å². The highest BCUT2D eigenvalue weighted by atomic mass is 32.1. The zero-order valence-corrected chi connectivity index (χ0v) is 13.8. The predicted octanol–water partition coefficient (Wildman–Crippen LogP) is 3.25. The molecule has 0 atom stereocenters. The monoisotopic (exact) mass is 333 g/mol. The van der Waals surface area contributed by atoms with Crippen molar-refractivity contribution < 1.29 is 4.92 Å². The largest absolute Gasteiger partial charge is 0.366 e. The van der Waals surface area contributed by atoms with Crippen LogP contribution in [-0.4, -0.2) is 32.8 Å². The summed E-state index contributed by atoms with van der Waals surface area (Å²) in [6, 6.07) is 6.92. The van der Waals surface area contributed by atoms with E-state index in [1.54, 1.807) is 12.1 Å². The van der Waals surface area contributed by atoms with Crippen LogP contribution in [0, 0.1) is 14.9 Å². The summed E-state index contributed by atoms with van der Waals surface area (Å²) in [5.74, 6) is 1.33. The third-order valence-corrected chi connectivity index (χ3v) is 4.69. The van der Waals surface area contributed by atoms with Gasteiger partial charge in [-0.05, 0) is 38.0 Å². The Morgan fingerprint density at radius 1 is 1.39 bits per heavy atom. The van der Waals surface area contributed by atoms with Gasteiger partial charge in [-0.3, -0.25) is 15.2 Å². The van der Waals surface area contributed by atoms with Crippen molar-refractivity contribution in [3.8, 4) is 0 Å². The van der Waals surface area contributed by atoms with E-state index >= 15 is 0 Å². The summed E-state index contributed by atoms with van der Waals surface area (Å²) >= 11 is 5.25. The molecule has 0 saturated carbocycles. The number of nitrogens with zero attached hydrogens (tertiary/aromatic N) is 4. The molecular formula is C15H19N5O2S. The summed E-state index contributed by atoms with van der Waals surface area (Å²) < 4.78 is 2.68. The summed E-state index contributed by atoms with van der Waals surface area (Å²) in [4.78, 5) is 13.0. The number of piperidine rings is 1. The molecule has 1 saturated heterocycles. The second-order valence-electron chi connectivity index (χ2n) is 5.64. The summed E-state index contributed by atoms with van der Waals surface area (Å²) in [6.45, 7) is 4.41. The minimum atomic E-state index is -0.316. The SMILES string of the molecule is CCn1c(C2CCN(c3ccccc3[N+](=O)[O-])CC2)n[nH]c1=S. The van der Waals surface area contributed by atoms with Gasteiger partial charge in [0.15, 0.2) is 4.77 Å². The summed E-state index contributed by atoms with van der Waals surface area (Å²) in [7, 11) is 0. The van der Waals surface area contributed by atoms with Crippen molar-refractivity contribution in [2.45, 2.75) is 32.2 Å². The van der Waals surface area contributed by atoms with Gasteiger partial charge in [0.1, 0.15) is 11.5 Å². The number of aromatic nitrogens is 3. The van der Waals surface area contributed by atoms with E-state index < -0.39 is 0 Å². The fourth-order valence-corrected chi connectivity index (χ4v) is 3.48. The molecule has 1 N–H and O–H groups in total. The lowest BCUT2D eigenvalue weighted by atomic mass is 9.95. The zero-order chi connectivity index (χ0) is 16.4. The van der Waals surface area contributed by atoms with Crippen LogP contribution < -0.4 is 4.90 Å². The molecule has 23 heavy (non-hydrogen) atoms. The number of benzene rings is 1. The topological polar surface area (TPSA) is 80.0 Å². The molecular weight excluding hydrogens is 314 g/mol. The Bertz CT molecular complexity index is 761. The van der Waals surface area contributed by atoms with Crippen LogP contribution in [0.1, 0.15) is 31.5 Å². The first kappa shape index (κ1) is 15.7. The number of hydrogen-bond donors (Lipinski definition) is 1. The summed E-state index contributed by atoms with van der Waals surface area (Å²) in [5, 5.41) is 18.4. The number of para-hydroxylation sites is 2. The van der Waals surface area contributed by atoms with Crippen LogP contribution in [0.3, 0.4) is 0 Å². The molecule has 1 aliphatic heterocycles. The Morgan fingerprint density at radius 2 is 2.09 bits per heavy atom. The van der Waals surface area contributed by atoms with E-state index in [4.69, 9.17) is 12.2 Å². The van der Waals surface area contributed by atoms with Crippen LogP contribution in [-0.2, 0) is 6.54 Å². The third kappa shape index (κ3) is 2.98. The Labute approximate surface area is 139 Å². The molecule has 1 fully saturated rings. The predicted molar refractivity (Wildman–Crippen MR) is 90.4 cm³/mol. The van der Waals surface area contributed by atoms with Gasteiger partial charge < -0.3 is 9.47 Å². The molecule has 1 aliphatic rings. The van der Waals surface area contributed by atoms with E-state index in [1.807, 2.05) is 16.7 Å². The average molecular weight is 333 g/mol. The van der Waals surface area contributed by atoms with Crippen molar-refractivity contribution in [1.29, 1.82) is 0 Å². The van der Waals surface area contributed by atoms with Gasteiger partial charge >= 0.3 is 0 Å². The lowest BCUT2D eigenvalue weighted by molar-refractivity contribution is -0.384. The molecule has 0 unspecified atom stereocenters. The Hall–Kier alpha value is -2.22. The van der Waals surface area contributed by atoms with Crippen molar-refractivity contribution in [2.24, 2.45) is 0 Å². The van der Waals surface area contributed by atoms with Crippen molar-refractivity contribution in [2.75, 3.05) is 18.0 Å². The minimum absolute atomic E-state index is 0.169. The molecule has 2 aromatic rings. The van der Waals surface area contributed by atoms with E-state index in [0.717, 1.165) is 38.3 Å². The lowest BCUT2D eigenvalue weighted by Crippen LogP contribution is -2.34. The number of nitro groups is 1. The van der Waals surface area contributed by atoms with Gasteiger partial charge in [-0.2, -0.15) is 5.10 Å².